The van der Waals surface area contributed by atoms with E-state index in [1.54, 1.807) is 25.3 Å². The Morgan fingerprint density at radius 3 is 3.05 bits per heavy atom. The lowest BCUT2D eigenvalue weighted by molar-refractivity contribution is 0.192. The summed E-state index contributed by atoms with van der Waals surface area (Å²) in [6.45, 7) is 1.39. The molecule has 1 aliphatic rings. The minimum absolute atomic E-state index is 0.211. The summed E-state index contributed by atoms with van der Waals surface area (Å²) in [5.74, 6) is 1.96. The third kappa shape index (κ3) is 2.43. The van der Waals surface area contributed by atoms with E-state index in [1.165, 1.54) is 0 Å². The second-order valence-corrected chi connectivity index (χ2v) is 4.80. The molecule has 1 aromatic heterocycles. The molecule has 0 radical (unpaired) electrons. The Morgan fingerprint density at radius 2 is 2.32 bits per heavy atom. The van der Waals surface area contributed by atoms with Gasteiger partial charge >= 0.3 is 0 Å². The van der Waals surface area contributed by atoms with Crippen molar-refractivity contribution in [1.82, 2.24) is 10.1 Å². The molecule has 1 fully saturated rings. The highest BCUT2D eigenvalue weighted by molar-refractivity contribution is 6.30. The predicted octanol–water partition coefficient (Wildman–Crippen LogP) is 2.90. The van der Waals surface area contributed by atoms with E-state index in [0.29, 0.717) is 34.7 Å². The predicted molar refractivity (Wildman–Crippen MR) is 69.5 cm³/mol. The van der Waals surface area contributed by atoms with Gasteiger partial charge < -0.3 is 14.0 Å². The number of hydrogen-bond donors (Lipinski definition) is 0. The second kappa shape index (κ2) is 5.19. The van der Waals surface area contributed by atoms with Crippen molar-refractivity contribution in [2.45, 2.75) is 12.3 Å². The van der Waals surface area contributed by atoms with Gasteiger partial charge in [-0.1, -0.05) is 16.8 Å². The lowest BCUT2D eigenvalue weighted by atomic mass is 10.1. The highest BCUT2D eigenvalue weighted by Gasteiger charge is 2.24. The molecule has 1 atom stereocenters. The highest BCUT2D eigenvalue weighted by atomic mass is 35.5. The zero-order valence-electron chi connectivity index (χ0n) is 10.4. The van der Waals surface area contributed by atoms with Gasteiger partial charge in [0.1, 0.15) is 5.75 Å². The third-order valence-corrected chi connectivity index (χ3v) is 3.36. The molecule has 0 N–H and O–H groups in total. The Bertz CT molecular complexity index is 579. The van der Waals surface area contributed by atoms with Gasteiger partial charge in [0.25, 0.3) is 5.89 Å². The van der Waals surface area contributed by atoms with E-state index >= 15 is 0 Å². The highest BCUT2D eigenvalue weighted by Crippen LogP contribution is 2.32. The number of ether oxygens (including phenoxy) is 2. The first-order valence-electron chi connectivity index (χ1n) is 6.03. The zero-order chi connectivity index (χ0) is 13.2. The minimum Gasteiger partial charge on any atom is -0.496 e. The topological polar surface area (TPSA) is 57.4 Å². The number of benzene rings is 1. The number of methoxy groups -OCH3 is 1. The van der Waals surface area contributed by atoms with E-state index in [0.717, 1.165) is 13.0 Å². The molecule has 2 aromatic rings. The standard InChI is InChI=1S/C13H13ClN2O3/c1-17-11-3-2-9(14)6-10(11)13-15-12(16-19-13)8-4-5-18-7-8/h2-3,6,8H,4-5,7H2,1H3/t8-/m1/s1. The van der Waals surface area contributed by atoms with E-state index < -0.39 is 0 Å². The first-order valence-corrected chi connectivity index (χ1v) is 6.41. The van der Waals surface area contributed by atoms with Crippen LogP contribution in [0.3, 0.4) is 0 Å². The Balaban J connectivity index is 1.95. The van der Waals surface area contributed by atoms with Gasteiger partial charge in [0.2, 0.25) is 0 Å². The Morgan fingerprint density at radius 1 is 1.42 bits per heavy atom. The molecule has 0 aliphatic carbocycles. The largest absolute Gasteiger partial charge is 0.496 e. The van der Waals surface area contributed by atoms with Crippen molar-refractivity contribution in [3.63, 3.8) is 0 Å². The van der Waals surface area contributed by atoms with Crippen molar-refractivity contribution < 1.29 is 14.0 Å². The van der Waals surface area contributed by atoms with Crippen molar-refractivity contribution in [2.24, 2.45) is 0 Å². The summed E-state index contributed by atoms with van der Waals surface area (Å²) in [5, 5.41) is 4.61. The lowest BCUT2D eigenvalue weighted by Crippen LogP contribution is -1.99. The maximum absolute atomic E-state index is 5.99. The maximum Gasteiger partial charge on any atom is 0.261 e. The summed E-state index contributed by atoms with van der Waals surface area (Å²) in [5.41, 5.74) is 0.702. The van der Waals surface area contributed by atoms with Gasteiger partial charge in [-0.05, 0) is 24.6 Å². The van der Waals surface area contributed by atoms with Crippen LogP contribution in [0.2, 0.25) is 5.02 Å². The summed E-state index contributed by atoms with van der Waals surface area (Å²) >= 11 is 5.99. The van der Waals surface area contributed by atoms with Crippen LogP contribution >= 0.6 is 11.6 Å². The second-order valence-electron chi connectivity index (χ2n) is 4.36. The Labute approximate surface area is 115 Å². The molecule has 0 bridgehead atoms. The van der Waals surface area contributed by atoms with Crippen LogP contribution in [0, 0.1) is 0 Å². The van der Waals surface area contributed by atoms with Crippen molar-refractivity contribution in [3.05, 3.63) is 29.0 Å². The molecule has 0 unspecified atom stereocenters. The van der Waals surface area contributed by atoms with Gasteiger partial charge in [-0.25, -0.2) is 0 Å². The lowest BCUT2D eigenvalue weighted by Gasteiger charge is -2.04. The van der Waals surface area contributed by atoms with Crippen LogP contribution in [-0.4, -0.2) is 30.5 Å². The summed E-state index contributed by atoms with van der Waals surface area (Å²) in [6.07, 6.45) is 0.922. The average Bonchev–Trinajstić information content (AvgIpc) is 3.09. The fourth-order valence-electron chi connectivity index (χ4n) is 2.10. The molecule has 1 aromatic carbocycles. The van der Waals surface area contributed by atoms with Crippen LogP contribution in [0.1, 0.15) is 18.2 Å². The van der Waals surface area contributed by atoms with Crippen LogP contribution in [0.5, 0.6) is 5.75 Å². The number of rotatable bonds is 3. The monoisotopic (exact) mass is 280 g/mol. The normalized spacial score (nSPS) is 18.7. The molecular formula is C13H13ClN2O3. The first kappa shape index (κ1) is 12.4. The molecular weight excluding hydrogens is 268 g/mol. The van der Waals surface area contributed by atoms with Gasteiger partial charge in [0.05, 0.1) is 19.3 Å². The summed E-state index contributed by atoms with van der Waals surface area (Å²) in [6, 6.07) is 5.29. The molecule has 19 heavy (non-hydrogen) atoms. The fraction of sp³-hybridized carbons (Fsp3) is 0.385. The summed E-state index contributed by atoms with van der Waals surface area (Å²) in [4.78, 5) is 4.42. The molecule has 0 amide bonds. The van der Waals surface area contributed by atoms with Gasteiger partial charge in [-0.15, -0.1) is 0 Å². The number of halogens is 1. The molecule has 0 spiro atoms. The van der Waals surface area contributed by atoms with Crippen LogP contribution in [-0.2, 0) is 4.74 Å². The molecule has 1 aliphatic heterocycles. The van der Waals surface area contributed by atoms with Gasteiger partial charge in [0.15, 0.2) is 5.82 Å². The van der Waals surface area contributed by atoms with E-state index in [4.69, 9.17) is 25.6 Å². The van der Waals surface area contributed by atoms with Crippen LogP contribution in [0.4, 0.5) is 0 Å². The van der Waals surface area contributed by atoms with Crippen molar-refractivity contribution in [2.75, 3.05) is 20.3 Å². The molecule has 1 saturated heterocycles. The fourth-order valence-corrected chi connectivity index (χ4v) is 2.27. The molecule has 5 nitrogen and oxygen atoms in total. The molecule has 100 valence electrons. The number of hydrogen-bond acceptors (Lipinski definition) is 5. The van der Waals surface area contributed by atoms with Crippen molar-refractivity contribution in [1.29, 1.82) is 0 Å². The van der Waals surface area contributed by atoms with E-state index in [1.807, 2.05) is 0 Å². The summed E-state index contributed by atoms with van der Waals surface area (Å²) < 4.78 is 15.9. The maximum atomic E-state index is 5.99. The van der Waals surface area contributed by atoms with Crippen LogP contribution < -0.4 is 4.74 Å². The van der Waals surface area contributed by atoms with Crippen LogP contribution in [0.15, 0.2) is 22.7 Å². The van der Waals surface area contributed by atoms with Crippen molar-refractivity contribution in [3.8, 4) is 17.2 Å². The smallest absolute Gasteiger partial charge is 0.261 e. The molecule has 0 saturated carbocycles. The van der Waals surface area contributed by atoms with Crippen molar-refractivity contribution >= 4 is 11.6 Å². The zero-order valence-corrected chi connectivity index (χ0v) is 11.2. The average molecular weight is 281 g/mol. The number of aromatic nitrogens is 2. The Hall–Kier alpha value is -1.59. The quantitative estimate of drug-likeness (QED) is 0.865. The third-order valence-electron chi connectivity index (χ3n) is 3.13. The summed E-state index contributed by atoms with van der Waals surface area (Å²) in [7, 11) is 1.59. The van der Waals surface area contributed by atoms with Gasteiger partial charge in [-0.2, -0.15) is 4.98 Å². The van der Waals surface area contributed by atoms with E-state index in [-0.39, 0.29) is 5.92 Å². The first-order chi connectivity index (χ1) is 9.28. The van der Waals surface area contributed by atoms with Gasteiger partial charge in [-0.3, -0.25) is 0 Å². The van der Waals surface area contributed by atoms with Gasteiger partial charge in [0, 0.05) is 17.5 Å². The van der Waals surface area contributed by atoms with E-state index in [9.17, 15) is 0 Å². The molecule has 6 heteroatoms. The van der Waals surface area contributed by atoms with E-state index in [2.05, 4.69) is 10.1 Å². The minimum atomic E-state index is 0.211. The SMILES string of the molecule is COc1ccc(Cl)cc1-c1nc([C@@H]2CCOC2)no1. The van der Waals surface area contributed by atoms with Crippen LogP contribution in [0.25, 0.3) is 11.5 Å². The Kier molecular flexibility index (Phi) is 3.40. The molecule has 2 heterocycles. The number of nitrogens with zero attached hydrogens (tertiary/aromatic N) is 2. The molecule has 3 rings (SSSR count).